The molecular weight excluding hydrogens is 228 g/mol. The van der Waals surface area contributed by atoms with Crippen LogP contribution in [0.1, 0.15) is 39.0 Å². The fourth-order valence-electron chi connectivity index (χ4n) is 3.07. The van der Waals surface area contributed by atoms with Crippen molar-refractivity contribution in [3.63, 3.8) is 0 Å². The van der Waals surface area contributed by atoms with Crippen molar-refractivity contribution >= 4 is 5.91 Å². The molecule has 1 N–H and O–H groups in total. The summed E-state index contributed by atoms with van der Waals surface area (Å²) < 4.78 is 0. The van der Waals surface area contributed by atoms with E-state index in [1.807, 2.05) is 11.8 Å². The van der Waals surface area contributed by atoms with Crippen molar-refractivity contribution < 1.29 is 9.90 Å². The molecule has 0 aromatic carbocycles. The maximum Gasteiger partial charge on any atom is 0.239 e. The summed E-state index contributed by atoms with van der Waals surface area (Å²) in [7, 11) is 0. The zero-order valence-corrected chi connectivity index (χ0v) is 11.5. The number of amides is 1. The van der Waals surface area contributed by atoms with E-state index in [-0.39, 0.29) is 18.6 Å². The lowest BCUT2D eigenvalue weighted by atomic mass is 10.1. The van der Waals surface area contributed by atoms with Gasteiger partial charge in [0.25, 0.3) is 0 Å². The average molecular weight is 254 g/mol. The minimum absolute atomic E-state index is 0.0142. The Balaban J connectivity index is 1.87. The predicted octanol–water partition coefficient (Wildman–Crippen LogP) is 1.09. The van der Waals surface area contributed by atoms with Crippen LogP contribution in [-0.2, 0) is 4.79 Å². The first-order chi connectivity index (χ1) is 8.72. The highest BCUT2D eigenvalue weighted by Crippen LogP contribution is 2.20. The van der Waals surface area contributed by atoms with Crippen molar-refractivity contribution in [1.82, 2.24) is 9.80 Å². The number of hydrogen-bond acceptors (Lipinski definition) is 3. The topological polar surface area (TPSA) is 43.8 Å². The molecule has 2 atom stereocenters. The average Bonchev–Trinajstić information content (AvgIpc) is 2.71. The van der Waals surface area contributed by atoms with Crippen LogP contribution in [0.25, 0.3) is 0 Å². The first-order valence-corrected chi connectivity index (χ1v) is 7.36. The Morgan fingerprint density at radius 2 is 1.89 bits per heavy atom. The Bertz CT molecular complexity index is 275. The molecule has 0 saturated carbocycles. The third-order valence-electron chi connectivity index (χ3n) is 4.40. The number of hydrogen-bond donors (Lipinski definition) is 1. The van der Waals surface area contributed by atoms with E-state index in [0.29, 0.717) is 5.92 Å². The lowest BCUT2D eigenvalue weighted by Gasteiger charge is -2.29. The van der Waals surface area contributed by atoms with Gasteiger partial charge in [0.05, 0.1) is 6.04 Å². The summed E-state index contributed by atoms with van der Waals surface area (Å²) in [5, 5.41) is 9.17. The van der Waals surface area contributed by atoms with Gasteiger partial charge in [0.15, 0.2) is 0 Å². The van der Waals surface area contributed by atoms with Crippen molar-refractivity contribution in [3.05, 3.63) is 0 Å². The molecule has 4 nitrogen and oxygen atoms in total. The highest BCUT2D eigenvalue weighted by molar-refractivity contribution is 5.81. The van der Waals surface area contributed by atoms with E-state index in [9.17, 15) is 4.79 Å². The van der Waals surface area contributed by atoms with E-state index in [1.54, 1.807) is 0 Å². The fraction of sp³-hybridized carbons (Fsp3) is 0.929. The van der Waals surface area contributed by atoms with Gasteiger partial charge in [-0.2, -0.15) is 0 Å². The SMILES string of the molecule is CC(C(=O)N1CCCCCC1)N1CCC(CO)C1. The van der Waals surface area contributed by atoms with Crippen molar-refractivity contribution in [3.8, 4) is 0 Å². The molecule has 2 fully saturated rings. The van der Waals surface area contributed by atoms with Crippen molar-refractivity contribution in [2.75, 3.05) is 32.8 Å². The van der Waals surface area contributed by atoms with Gasteiger partial charge in [-0.3, -0.25) is 9.69 Å². The van der Waals surface area contributed by atoms with Gasteiger partial charge in [-0.1, -0.05) is 12.8 Å². The van der Waals surface area contributed by atoms with Crippen molar-refractivity contribution in [2.24, 2.45) is 5.92 Å². The summed E-state index contributed by atoms with van der Waals surface area (Å²) in [5.74, 6) is 0.653. The summed E-state index contributed by atoms with van der Waals surface area (Å²) in [6.45, 7) is 5.96. The maximum atomic E-state index is 12.5. The highest BCUT2D eigenvalue weighted by Gasteiger charge is 2.31. The van der Waals surface area contributed by atoms with Gasteiger partial charge in [0.2, 0.25) is 5.91 Å². The number of rotatable bonds is 3. The highest BCUT2D eigenvalue weighted by atomic mass is 16.3. The Kier molecular flexibility index (Phi) is 5.01. The molecule has 0 spiro atoms. The smallest absolute Gasteiger partial charge is 0.239 e. The summed E-state index contributed by atoms with van der Waals surface area (Å²) in [5.41, 5.74) is 0. The van der Waals surface area contributed by atoms with Crippen LogP contribution in [-0.4, -0.2) is 59.6 Å². The number of aliphatic hydroxyl groups excluding tert-OH is 1. The van der Waals surface area contributed by atoms with E-state index in [4.69, 9.17) is 5.11 Å². The van der Waals surface area contributed by atoms with Crippen LogP contribution in [0.2, 0.25) is 0 Å². The van der Waals surface area contributed by atoms with Crippen molar-refractivity contribution in [1.29, 1.82) is 0 Å². The third kappa shape index (κ3) is 3.23. The number of likely N-dealkylation sites (tertiary alicyclic amines) is 2. The second kappa shape index (κ2) is 6.53. The van der Waals surface area contributed by atoms with E-state index < -0.39 is 0 Å². The Morgan fingerprint density at radius 1 is 1.22 bits per heavy atom. The van der Waals surface area contributed by atoms with Gasteiger partial charge in [-0.05, 0) is 38.6 Å². The molecular formula is C14H26N2O2. The molecule has 0 aliphatic carbocycles. The third-order valence-corrected chi connectivity index (χ3v) is 4.40. The van der Waals surface area contributed by atoms with E-state index in [0.717, 1.165) is 45.4 Å². The molecule has 2 heterocycles. The number of nitrogens with zero attached hydrogens (tertiary/aromatic N) is 2. The summed E-state index contributed by atoms with van der Waals surface area (Å²) >= 11 is 0. The van der Waals surface area contributed by atoms with E-state index >= 15 is 0 Å². The second-order valence-corrected chi connectivity index (χ2v) is 5.75. The predicted molar refractivity (Wildman–Crippen MR) is 71.3 cm³/mol. The molecule has 104 valence electrons. The van der Waals surface area contributed by atoms with Crippen molar-refractivity contribution in [2.45, 2.75) is 45.1 Å². The van der Waals surface area contributed by atoms with E-state index in [2.05, 4.69) is 4.90 Å². The summed E-state index contributed by atoms with van der Waals surface area (Å²) in [4.78, 5) is 16.7. The largest absolute Gasteiger partial charge is 0.396 e. The Labute approximate surface area is 110 Å². The minimum atomic E-state index is -0.0142. The summed E-state index contributed by atoms with van der Waals surface area (Å²) in [6.07, 6.45) is 5.84. The Hall–Kier alpha value is -0.610. The molecule has 0 aromatic rings. The number of aliphatic hydroxyl groups is 1. The lowest BCUT2D eigenvalue weighted by molar-refractivity contribution is -0.136. The van der Waals surface area contributed by atoms with Crippen LogP contribution in [0.4, 0.5) is 0 Å². The van der Waals surface area contributed by atoms with Crippen LogP contribution >= 0.6 is 0 Å². The van der Waals surface area contributed by atoms with Gasteiger partial charge in [0.1, 0.15) is 0 Å². The van der Waals surface area contributed by atoms with Gasteiger partial charge < -0.3 is 10.0 Å². The molecule has 2 saturated heterocycles. The molecule has 2 aliphatic rings. The van der Waals surface area contributed by atoms with Crippen LogP contribution in [0.5, 0.6) is 0 Å². The van der Waals surface area contributed by atoms with E-state index in [1.165, 1.54) is 12.8 Å². The molecule has 0 aromatic heterocycles. The first kappa shape index (κ1) is 13.8. The van der Waals surface area contributed by atoms with Crippen LogP contribution < -0.4 is 0 Å². The monoisotopic (exact) mass is 254 g/mol. The molecule has 1 amide bonds. The van der Waals surface area contributed by atoms with Crippen LogP contribution in [0, 0.1) is 5.92 Å². The number of carbonyl (C=O) groups excluding carboxylic acids is 1. The molecule has 2 unspecified atom stereocenters. The van der Waals surface area contributed by atoms with Gasteiger partial charge in [-0.15, -0.1) is 0 Å². The van der Waals surface area contributed by atoms with Gasteiger partial charge in [0, 0.05) is 26.2 Å². The normalized spacial score (nSPS) is 28.1. The standard InChI is InChI=1S/C14H26N2O2/c1-12(16-9-6-13(10-16)11-17)14(18)15-7-4-2-3-5-8-15/h12-13,17H,2-11H2,1H3. The zero-order chi connectivity index (χ0) is 13.0. The molecule has 0 bridgehead atoms. The molecule has 2 rings (SSSR count). The number of carbonyl (C=O) groups is 1. The van der Waals surface area contributed by atoms with Crippen LogP contribution in [0.15, 0.2) is 0 Å². The van der Waals surface area contributed by atoms with Gasteiger partial charge >= 0.3 is 0 Å². The maximum absolute atomic E-state index is 12.5. The minimum Gasteiger partial charge on any atom is -0.396 e. The molecule has 18 heavy (non-hydrogen) atoms. The fourth-order valence-corrected chi connectivity index (χ4v) is 3.07. The molecule has 4 heteroatoms. The van der Waals surface area contributed by atoms with Crippen LogP contribution in [0.3, 0.4) is 0 Å². The molecule has 0 radical (unpaired) electrons. The Morgan fingerprint density at radius 3 is 2.44 bits per heavy atom. The lowest BCUT2D eigenvalue weighted by Crippen LogP contribution is -2.46. The quantitative estimate of drug-likeness (QED) is 0.820. The second-order valence-electron chi connectivity index (χ2n) is 5.75. The summed E-state index contributed by atoms with van der Waals surface area (Å²) in [6, 6.07) is -0.0142. The molecule has 2 aliphatic heterocycles. The van der Waals surface area contributed by atoms with Gasteiger partial charge in [-0.25, -0.2) is 0 Å². The zero-order valence-electron chi connectivity index (χ0n) is 11.5. The first-order valence-electron chi connectivity index (χ1n) is 7.36.